The number of sulfonamides is 1. The first-order chi connectivity index (χ1) is 15.6. The van der Waals surface area contributed by atoms with Gasteiger partial charge in [-0.2, -0.15) is 4.39 Å². The maximum Gasteiger partial charge on any atom is 0.242 e. The van der Waals surface area contributed by atoms with Crippen LogP contribution in [0.1, 0.15) is 31.9 Å². The molecule has 9 heteroatoms. The molecular formula is C24H27FN4O3S. The molecule has 0 aliphatic rings. The number of hydrogen-bond donors (Lipinski definition) is 1. The lowest BCUT2D eigenvalue weighted by molar-refractivity contribution is -0.114. The molecule has 0 saturated carbocycles. The van der Waals surface area contributed by atoms with Crippen LogP contribution in [0.3, 0.4) is 0 Å². The van der Waals surface area contributed by atoms with Crippen molar-refractivity contribution in [2.24, 2.45) is 0 Å². The molecule has 0 unspecified atom stereocenters. The Kier molecular flexibility index (Phi) is 7.33. The van der Waals surface area contributed by atoms with E-state index in [0.717, 1.165) is 11.1 Å². The molecule has 1 aromatic heterocycles. The highest BCUT2D eigenvalue weighted by atomic mass is 32.2. The molecule has 7 nitrogen and oxygen atoms in total. The second-order valence-corrected chi connectivity index (χ2v) is 9.95. The fourth-order valence-corrected chi connectivity index (χ4v) is 4.02. The molecule has 0 spiro atoms. The molecule has 0 bridgehead atoms. The van der Waals surface area contributed by atoms with E-state index in [0.29, 0.717) is 29.6 Å². The molecule has 2 aromatic carbocycles. The van der Waals surface area contributed by atoms with Gasteiger partial charge in [0.2, 0.25) is 22.4 Å². The number of nitrogens with one attached hydrogen (secondary N) is 1. The van der Waals surface area contributed by atoms with Gasteiger partial charge in [-0.15, -0.1) is 5.10 Å². The number of carbonyl (C=O) groups excluding carboxylic acids is 1. The number of halogens is 1. The van der Waals surface area contributed by atoms with E-state index in [1.165, 1.54) is 16.5 Å². The monoisotopic (exact) mass is 470 g/mol. The van der Waals surface area contributed by atoms with Crippen LogP contribution in [0.5, 0.6) is 0 Å². The van der Waals surface area contributed by atoms with Crippen LogP contribution < -0.4 is 4.72 Å². The molecule has 0 fully saturated rings. The molecule has 1 N–H and O–H groups in total. The summed E-state index contributed by atoms with van der Waals surface area (Å²) in [4.78, 5) is 12.6. The molecule has 1 amide bonds. The minimum atomic E-state index is -3.68. The summed E-state index contributed by atoms with van der Waals surface area (Å²) >= 11 is 0. The molecule has 0 radical (unpaired) electrons. The lowest BCUT2D eigenvalue weighted by Gasteiger charge is -2.14. The number of nitrogens with zero attached hydrogens (tertiary/aromatic N) is 3. The van der Waals surface area contributed by atoms with Gasteiger partial charge in [0.1, 0.15) is 0 Å². The fourth-order valence-electron chi connectivity index (χ4n) is 3.38. The van der Waals surface area contributed by atoms with Crippen LogP contribution in [-0.4, -0.2) is 42.3 Å². The number of aromatic nitrogens is 2. The zero-order valence-electron chi connectivity index (χ0n) is 19.0. The van der Waals surface area contributed by atoms with Crippen molar-refractivity contribution in [3.8, 4) is 0 Å². The van der Waals surface area contributed by atoms with Crippen LogP contribution in [0.25, 0.3) is 16.5 Å². The Morgan fingerprint density at radius 2 is 1.91 bits per heavy atom. The van der Waals surface area contributed by atoms with Crippen molar-refractivity contribution < 1.29 is 17.6 Å². The van der Waals surface area contributed by atoms with Gasteiger partial charge >= 0.3 is 0 Å². The third-order valence-electron chi connectivity index (χ3n) is 4.92. The van der Waals surface area contributed by atoms with Gasteiger partial charge in [0.25, 0.3) is 0 Å². The van der Waals surface area contributed by atoms with Crippen molar-refractivity contribution in [3.05, 3.63) is 77.4 Å². The van der Waals surface area contributed by atoms with Crippen LogP contribution >= 0.6 is 0 Å². The van der Waals surface area contributed by atoms with E-state index >= 15 is 4.39 Å². The van der Waals surface area contributed by atoms with Gasteiger partial charge in [0.05, 0.1) is 28.9 Å². The fraction of sp³-hybridized carbons (Fsp3) is 0.250. The van der Waals surface area contributed by atoms with Gasteiger partial charge < -0.3 is 4.90 Å². The topological polar surface area (TPSA) is 84.3 Å². The first kappa shape index (κ1) is 24.2. The number of anilines is 1. The van der Waals surface area contributed by atoms with Gasteiger partial charge in [-0.05, 0) is 49.6 Å². The van der Waals surface area contributed by atoms with E-state index in [2.05, 4.69) is 9.82 Å². The number of amides is 1. The molecule has 3 rings (SSSR count). The second-order valence-electron chi connectivity index (χ2n) is 7.93. The predicted octanol–water partition coefficient (Wildman–Crippen LogP) is 4.38. The van der Waals surface area contributed by atoms with Crippen LogP contribution in [0.4, 0.5) is 10.1 Å². The third-order valence-corrected chi connectivity index (χ3v) is 6.21. The number of benzene rings is 2. The Morgan fingerprint density at radius 3 is 2.52 bits per heavy atom. The Labute approximate surface area is 193 Å². The highest BCUT2D eigenvalue weighted by Crippen LogP contribution is 2.33. The van der Waals surface area contributed by atoms with Gasteiger partial charge in [0.15, 0.2) is 0 Å². The van der Waals surface area contributed by atoms with Crippen LogP contribution in [0.2, 0.25) is 0 Å². The van der Waals surface area contributed by atoms with Gasteiger partial charge in [-0.1, -0.05) is 42.0 Å². The smallest absolute Gasteiger partial charge is 0.242 e. The molecule has 3 aromatic rings. The number of hydrogen-bond acceptors (Lipinski definition) is 4. The van der Waals surface area contributed by atoms with E-state index in [1.54, 1.807) is 25.4 Å². The summed E-state index contributed by atoms with van der Waals surface area (Å²) in [6.45, 7) is 5.63. The van der Waals surface area contributed by atoms with E-state index in [9.17, 15) is 13.2 Å². The Bertz CT molecular complexity index is 1320. The maximum atomic E-state index is 15.0. The minimum Gasteiger partial charge on any atom is -0.324 e. The van der Waals surface area contributed by atoms with Crippen molar-refractivity contribution in [3.63, 3.8) is 0 Å². The van der Waals surface area contributed by atoms with Gasteiger partial charge in [-0.25, -0.2) is 8.42 Å². The number of fused-ring (bicyclic) bond motifs is 1. The first-order valence-corrected chi connectivity index (χ1v) is 12.1. The average molecular weight is 471 g/mol. The quantitative estimate of drug-likeness (QED) is 0.372. The molecule has 1 heterocycles. The summed E-state index contributed by atoms with van der Waals surface area (Å²) in [7, 11) is -2.08. The lowest BCUT2D eigenvalue weighted by atomic mass is 10.0. The number of rotatable bonds is 9. The van der Waals surface area contributed by atoms with Crippen molar-refractivity contribution in [1.82, 2.24) is 14.7 Å². The summed E-state index contributed by atoms with van der Waals surface area (Å²) in [6, 6.07) is 12.8. The first-order valence-electron chi connectivity index (χ1n) is 10.4. The predicted molar refractivity (Wildman–Crippen MR) is 130 cm³/mol. The summed E-state index contributed by atoms with van der Waals surface area (Å²) in [5, 5.41) is 4.14. The molecule has 0 atom stereocenters. The third kappa shape index (κ3) is 5.87. The van der Waals surface area contributed by atoms with E-state index < -0.39 is 16.0 Å². The maximum absolute atomic E-state index is 15.0. The lowest BCUT2D eigenvalue weighted by Crippen LogP contribution is -2.15. The highest BCUT2D eigenvalue weighted by Gasteiger charge is 2.20. The summed E-state index contributed by atoms with van der Waals surface area (Å²) in [6.07, 6.45) is 4.17. The number of allylic oxidation sites excluding steroid dienone is 3. The molecule has 174 valence electrons. The number of carbonyl (C=O) groups is 1. The molecule has 0 saturated heterocycles. The van der Waals surface area contributed by atoms with E-state index in [-0.39, 0.29) is 16.8 Å². The van der Waals surface area contributed by atoms with Crippen LogP contribution in [-0.2, 0) is 21.4 Å². The minimum absolute atomic E-state index is 0.0898. The molecule has 33 heavy (non-hydrogen) atoms. The SMILES string of the molecule is CCS(=O)(=O)Nc1cc(/C(C=C(C)C)=C/N(C)C=O)cc2c1c(F)nn2Cc1ccccc1. The second kappa shape index (κ2) is 9.99. The van der Waals surface area contributed by atoms with E-state index in [4.69, 9.17) is 0 Å². The molecule has 0 aliphatic heterocycles. The van der Waals surface area contributed by atoms with Gasteiger partial charge in [-0.3, -0.25) is 14.2 Å². The van der Waals surface area contributed by atoms with Crippen LogP contribution in [0, 0.1) is 5.95 Å². The Balaban J connectivity index is 2.29. The van der Waals surface area contributed by atoms with Gasteiger partial charge in [0, 0.05) is 13.2 Å². The zero-order valence-corrected chi connectivity index (χ0v) is 19.9. The summed E-state index contributed by atoms with van der Waals surface area (Å²) in [5.74, 6) is -0.928. The van der Waals surface area contributed by atoms with Crippen molar-refractivity contribution in [2.75, 3.05) is 17.5 Å². The highest BCUT2D eigenvalue weighted by molar-refractivity contribution is 7.92. The average Bonchev–Trinajstić information content (AvgIpc) is 3.08. The van der Waals surface area contributed by atoms with Crippen LogP contribution in [0.15, 0.2) is 60.3 Å². The Morgan fingerprint density at radius 1 is 1.21 bits per heavy atom. The molecular weight excluding hydrogens is 443 g/mol. The standard InChI is InChI=1S/C24H27FN4O3S/c1-5-33(31,32)27-21-12-19(20(11-17(2)3)15-28(4)16-30)13-22-23(21)24(25)26-29(22)14-18-9-7-6-8-10-18/h6-13,15-16,27H,5,14H2,1-4H3/b20-15+. The summed E-state index contributed by atoms with van der Waals surface area (Å²) < 4.78 is 43.7. The van der Waals surface area contributed by atoms with Crippen molar-refractivity contribution in [1.29, 1.82) is 0 Å². The summed E-state index contributed by atoms with van der Waals surface area (Å²) in [5.41, 5.74) is 3.70. The van der Waals surface area contributed by atoms with E-state index in [1.807, 2.05) is 50.3 Å². The van der Waals surface area contributed by atoms with Crippen molar-refractivity contribution in [2.45, 2.75) is 27.3 Å². The zero-order chi connectivity index (χ0) is 24.2. The largest absolute Gasteiger partial charge is 0.324 e. The normalized spacial score (nSPS) is 12.0. The van der Waals surface area contributed by atoms with Crippen molar-refractivity contribution >= 4 is 38.6 Å². The molecule has 0 aliphatic carbocycles. The Hall–Kier alpha value is -3.46.